The van der Waals surface area contributed by atoms with Gasteiger partial charge < -0.3 is 9.47 Å². The molecule has 0 aromatic rings. The van der Waals surface area contributed by atoms with E-state index in [2.05, 4.69) is 9.80 Å². The van der Waals surface area contributed by atoms with Crippen molar-refractivity contribution in [2.75, 3.05) is 20.1 Å². The van der Waals surface area contributed by atoms with Crippen molar-refractivity contribution in [3.05, 3.63) is 0 Å². The SMILES string of the molecule is C1CC[C@H]2[C@H](C1)OCN2CN1CO[C@@H]2CCCC[C@H]21. The van der Waals surface area contributed by atoms with Crippen LogP contribution < -0.4 is 0 Å². The maximum Gasteiger partial charge on any atom is 0.101 e. The topological polar surface area (TPSA) is 24.9 Å². The van der Waals surface area contributed by atoms with Crippen molar-refractivity contribution in [1.82, 2.24) is 9.80 Å². The van der Waals surface area contributed by atoms with Gasteiger partial charge in [-0.05, 0) is 25.7 Å². The van der Waals surface area contributed by atoms with Gasteiger partial charge in [0.05, 0.1) is 18.9 Å². The van der Waals surface area contributed by atoms with Crippen LogP contribution in [0.5, 0.6) is 0 Å². The second-order valence-corrected chi connectivity index (χ2v) is 6.69. The quantitative estimate of drug-likeness (QED) is 0.764. The first kappa shape index (κ1) is 12.6. The normalized spacial score (nSPS) is 44.2. The summed E-state index contributed by atoms with van der Waals surface area (Å²) in [6.07, 6.45) is 11.7. The highest BCUT2D eigenvalue weighted by molar-refractivity contribution is 4.91. The number of nitrogens with zero attached hydrogens (tertiary/aromatic N) is 2. The van der Waals surface area contributed by atoms with Gasteiger partial charge in [-0.25, -0.2) is 0 Å². The second-order valence-electron chi connectivity index (χ2n) is 6.69. The first-order valence-electron chi connectivity index (χ1n) is 8.13. The number of hydrogen-bond acceptors (Lipinski definition) is 4. The lowest BCUT2D eigenvalue weighted by Gasteiger charge is -2.35. The standard InChI is InChI=1S/C15H26N2O2/c1-3-7-14-12(5-1)16(10-18-14)9-17-11-19-15-8-4-2-6-13(15)17/h12-15H,1-11H2/t12-,13+,14-,15+. The van der Waals surface area contributed by atoms with Crippen LogP contribution in [0.25, 0.3) is 0 Å². The molecule has 0 spiro atoms. The summed E-state index contributed by atoms with van der Waals surface area (Å²) in [4.78, 5) is 5.12. The van der Waals surface area contributed by atoms with Crippen LogP contribution in [-0.2, 0) is 9.47 Å². The Morgan fingerprint density at radius 1 is 0.684 bits per heavy atom. The molecule has 2 saturated carbocycles. The molecule has 2 saturated heterocycles. The number of hydrogen-bond donors (Lipinski definition) is 0. The molecule has 108 valence electrons. The van der Waals surface area contributed by atoms with Crippen LogP contribution in [0, 0.1) is 0 Å². The first-order chi connectivity index (χ1) is 9.42. The molecule has 0 N–H and O–H groups in total. The summed E-state index contributed by atoms with van der Waals surface area (Å²) in [5.74, 6) is 0. The van der Waals surface area contributed by atoms with Crippen LogP contribution in [-0.4, -0.2) is 54.2 Å². The predicted molar refractivity (Wildman–Crippen MR) is 72.5 cm³/mol. The molecule has 2 aliphatic carbocycles. The minimum absolute atomic E-state index is 0.513. The first-order valence-corrected chi connectivity index (χ1v) is 8.13. The van der Waals surface area contributed by atoms with E-state index in [9.17, 15) is 0 Å². The summed E-state index contributed by atoms with van der Waals surface area (Å²) in [7, 11) is 0. The van der Waals surface area contributed by atoms with Crippen LogP contribution in [0.3, 0.4) is 0 Å². The average molecular weight is 266 g/mol. The van der Waals surface area contributed by atoms with E-state index in [0.29, 0.717) is 24.3 Å². The summed E-state index contributed by atoms with van der Waals surface area (Å²) >= 11 is 0. The molecule has 0 aromatic heterocycles. The zero-order valence-corrected chi connectivity index (χ0v) is 11.8. The van der Waals surface area contributed by atoms with Crippen LogP contribution >= 0.6 is 0 Å². The Kier molecular flexibility index (Phi) is 3.52. The van der Waals surface area contributed by atoms with Gasteiger partial charge in [0, 0.05) is 12.1 Å². The maximum absolute atomic E-state index is 5.97. The van der Waals surface area contributed by atoms with Crippen molar-refractivity contribution in [2.24, 2.45) is 0 Å². The molecule has 4 atom stereocenters. The van der Waals surface area contributed by atoms with Gasteiger partial charge in [0.25, 0.3) is 0 Å². The predicted octanol–water partition coefficient (Wildman–Crippen LogP) is 2.15. The van der Waals surface area contributed by atoms with Crippen molar-refractivity contribution in [1.29, 1.82) is 0 Å². The van der Waals surface area contributed by atoms with E-state index in [4.69, 9.17) is 9.47 Å². The van der Waals surface area contributed by atoms with Crippen molar-refractivity contribution < 1.29 is 9.47 Å². The van der Waals surface area contributed by atoms with Gasteiger partial charge in [-0.1, -0.05) is 25.7 Å². The fourth-order valence-electron chi connectivity index (χ4n) is 4.48. The fraction of sp³-hybridized carbons (Fsp3) is 1.00. The molecule has 2 heterocycles. The minimum Gasteiger partial charge on any atom is -0.361 e. The van der Waals surface area contributed by atoms with Gasteiger partial charge in [0.15, 0.2) is 0 Å². The third-order valence-electron chi connectivity index (χ3n) is 5.55. The zero-order valence-electron chi connectivity index (χ0n) is 11.8. The average Bonchev–Trinajstić information content (AvgIpc) is 3.05. The molecule has 0 radical (unpaired) electrons. The molecule has 2 aliphatic heterocycles. The molecule has 4 heteroatoms. The van der Waals surface area contributed by atoms with Gasteiger partial charge in [0.1, 0.15) is 13.5 Å². The van der Waals surface area contributed by atoms with Gasteiger partial charge in [-0.3, -0.25) is 9.80 Å². The van der Waals surface area contributed by atoms with Crippen LogP contribution in [0.2, 0.25) is 0 Å². The number of ether oxygens (including phenoxy) is 2. The summed E-state index contributed by atoms with van der Waals surface area (Å²) in [5.41, 5.74) is 0. The van der Waals surface area contributed by atoms with E-state index in [-0.39, 0.29) is 0 Å². The lowest BCUT2D eigenvalue weighted by molar-refractivity contribution is 0.0451. The van der Waals surface area contributed by atoms with E-state index in [0.717, 1.165) is 20.1 Å². The van der Waals surface area contributed by atoms with Gasteiger partial charge in [-0.15, -0.1) is 0 Å². The van der Waals surface area contributed by atoms with E-state index >= 15 is 0 Å². The smallest absolute Gasteiger partial charge is 0.101 e. The van der Waals surface area contributed by atoms with E-state index < -0.39 is 0 Å². The van der Waals surface area contributed by atoms with Crippen molar-refractivity contribution >= 4 is 0 Å². The van der Waals surface area contributed by atoms with E-state index in [1.807, 2.05) is 0 Å². The lowest BCUT2D eigenvalue weighted by Crippen LogP contribution is -2.47. The van der Waals surface area contributed by atoms with Crippen LogP contribution in [0.4, 0.5) is 0 Å². The zero-order chi connectivity index (χ0) is 12.7. The summed E-state index contributed by atoms with van der Waals surface area (Å²) < 4.78 is 11.9. The molecule has 0 amide bonds. The van der Waals surface area contributed by atoms with E-state index in [1.165, 1.54) is 51.4 Å². The van der Waals surface area contributed by atoms with Crippen molar-refractivity contribution in [2.45, 2.75) is 75.7 Å². The van der Waals surface area contributed by atoms with Crippen molar-refractivity contribution in [3.63, 3.8) is 0 Å². The molecular weight excluding hydrogens is 240 g/mol. The summed E-state index contributed by atoms with van der Waals surface area (Å²) in [6, 6.07) is 1.35. The third kappa shape index (κ3) is 2.33. The molecular formula is C15H26N2O2. The Bertz CT molecular complexity index is 295. The lowest BCUT2D eigenvalue weighted by atomic mass is 9.92. The monoisotopic (exact) mass is 266 g/mol. The van der Waals surface area contributed by atoms with Crippen molar-refractivity contribution in [3.8, 4) is 0 Å². The largest absolute Gasteiger partial charge is 0.361 e. The Hall–Kier alpha value is -0.160. The molecule has 4 aliphatic rings. The molecule has 0 unspecified atom stereocenters. The molecule has 0 aromatic carbocycles. The Morgan fingerprint density at radius 3 is 1.68 bits per heavy atom. The highest BCUT2D eigenvalue weighted by atomic mass is 16.5. The maximum atomic E-state index is 5.97. The Balaban J connectivity index is 1.38. The highest BCUT2D eigenvalue weighted by Gasteiger charge is 2.41. The molecule has 0 bridgehead atoms. The molecule has 4 nitrogen and oxygen atoms in total. The van der Waals surface area contributed by atoms with Gasteiger partial charge in [-0.2, -0.15) is 0 Å². The molecule has 4 rings (SSSR count). The van der Waals surface area contributed by atoms with Crippen LogP contribution in [0.15, 0.2) is 0 Å². The summed E-state index contributed by atoms with van der Waals surface area (Å²) in [6.45, 7) is 2.73. The van der Waals surface area contributed by atoms with Crippen LogP contribution in [0.1, 0.15) is 51.4 Å². The Labute approximate surface area is 116 Å². The molecule has 19 heavy (non-hydrogen) atoms. The number of fused-ring (bicyclic) bond motifs is 2. The third-order valence-corrected chi connectivity index (χ3v) is 5.55. The fourth-order valence-corrected chi connectivity index (χ4v) is 4.48. The second kappa shape index (κ2) is 5.32. The number of rotatable bonds is 2. The van der Waals surface area contributed by atoms with E-state index in [1.54, 1.807) is 0 Å². The van der Waals surface area contributed by atoms with Gasteiger partial charge in [0.2, 0.25) is 0 Å². The summed E-state index contributed by atoms with van der Waals surface area (Å²) in [5, 5.41) is 0. The minimum atomic E-state index is 0.513. The molecule has 4 fully saturated rings. The highest BCUT2D eigenvalue weighted by Crippen LogP contribution is 2.34. The Morgan fingerprint density at radius 2 is 1.16 bits per heavy atom. The van der Waals surface area contributed by atoms with Gasteiger partial charge >= 0.3 is 0 Å².